The van der Waals surface area contributed by atoms with Crippen molar-refractivity contribution in [2.24, 2.45) is 0 Å². The molecule has 8 nitrogen and oxygen atoms in total. The molecule has 0 aliphatic rings. The summed E-state index contributed by atoms with van der Waals surface area (Å²) in [5, 5.41) is 16.3. The van der Waals surface area contributed by atoms with Crippen molar-refractivity contribution in [3.05, 3.63) is 47.8 Å². The fourth-order valence-corrected chi connectivity index (χ4v) is 2.12. The van der Waals surface area contributed by atoms with Crippen LogP contribution in [0.1, 0.15) is 35.0 Å². The van der Waals surface area contributed by atoms with Gasteiger partial charge in [0.1, 0.15) is 12.2 Å². The molecule has 2 heterocycles. The van der Waals surface area contributed by atoms with Crippen LogP contribution in [-0.4, -0.2) is 36.3 Å². The molecule has 1 amide bonds. The Kier molecular flexibility index (Phi) is 3.65. The molecule has 0 bridgehead atoms. The van der Waals surface area contributed by atoms with Gasteiger partial charge in [-0.2, -0.15) is 10.2 Å². The average molecular weight is 297 g/mol. The summed E-state index contributed by atoms with van der Waals surface area (Å²) in [6.45, 7) is 3.64. The van der Waals surface area contributed by atoms with Gasteiger partial charge in [-0.15, -0.1) is 0 Å². The lowest BCUT2D eigenvalue weighted by atomic mass is 10.1. The number of carbonyl (C=O) groups excluding carboxylic acids is 1. The van der Waals surface area contributed by atoms with E-state index in [4.69, 9.17) is 0 Å². The van der Waals surface area contributed by atoms with E-state index in [1.165, 1.54) is 6.33 Å². The summed E-state index contributed by atoms with van der Waals surface area (Å²) in [5.74, 6) is 1.58. The van der Waals surface area contributed by atoms with Gasteiger partial charge in [-0.1, -0.05) is 18.2 Å². The molecule has 0 spiro atoms. The number of aromatic amines is 2. The van der Waals surface area contributed by atoms with Crippen molar-refractivity contribution in [1.29, 1.82) is 0 Å². The number of rotatable bonds is 4. The minimum atomic E-state index is -0.305. The van der Waals surface area contributed by atoms with Gasteiger partial charge in [0.2, 0.25) is 0 Å². The first-order valence-corrected chi connectivity index (χ1v) is 6.79. The topological polar surface area (TPSA) is 112 Å². The van der Waals surface area contributed by atoms with E-state index in [0.717, 1.165) is 0 Å². The molecule has 0 fully saturated rings. The molecule has 1 aromatic carbocycles. The SMILES string of the molecule is Cc1nc(C(C)NC(=O)c2ccccc2-c2ncn[nH]2)n[nH]1. The molecule has 0 saturated heterocycles. The van der Waals surface area contributed by atoms with E-state index in [0.29, 0.717) is 28.6 Å². The van der Waals surface area contributed by atoms with Crippen LogP contribution in [-0.2, 0) is 0 Å². The Morgan fingerprint density at radius 3 is 2.77 bits per heavy atom. The van der Waals surface area contributed by atoms with Crippen molar-refractivity contribution in [2.45, 2.75) is 19.9 Å². The van der Waals surface area contributed by atoms with Crippen LogP contribution >= 0.6 is 0 Å². The smallest absolute Gasteiger partial charge is 0.252 e. The molecule has 3 N–H and O–H groups in total. The van der Waals surface area contributed by atoms with Crippen LogP contribution < -0.4 is 5.32 Å². The highest BCUT2D eigenvalue weighted by molar-refractivity contribution is 6.00. The van der Waals surface area contributed by atoms with Gasteiger partial charge in [0.25, 0.3) is 5.91 Å². The molecule has 2 aromatic heterocycles. The number of nitrogens with one attached hydrogen (secondary N) is 3. The Labute approximate surface area is 126 Å². The molecule has 3 aromatic rings. The fourth-order valence-electron chi connectivity index (χ4n) is 2.12. The lowest BCUT2D eigenvalue weighted by molar-refractivity contribution is 0.0939. The third kappa shape index (κ3) is 2.71. The van der Waals surface area contributed by atoms with Crippen molar-refractivity contribution in [1.82, 2.24) is 35.7 Å². The first-order valence-electron chi connectivity index (χ1n) is 6.79. The predicted octanol–water partition coefficient (Wildman–Crippen LogP) is 1.39. The van der Waals surface area contributed by atoms with E-state index in [-0.39, 0.29) is 11.9 Å². The third-order valence-corrected chi connectivity index (χ3v) is 3.19. The summed E-state index contributed by atoms with van der Waals surface area (Å²) in [6.07, 6.45) is 1.41. The van der Waals surface area contributed by atoms with Gasteiger partial charge in [-0.25, -0.2) is 9.97 Å². The molecule has 0 radical (unpaired) electrons. The first kappa shape index (κ1) is 13.9. The molecule has 22 heavy (non-hydrogen) atoms. The second-order valence-corrected chi connectivity index (χ2v) is 4.85. The number of benzene rings is 1. The van der Waals surface area contributed by atoms with Gasteiger partial charge in [0.05, 0.1) is 11.6 Å². The van der Waals surface area contributed by atoms with Crippen LogP contribution in [0.2, 0.25) is 0 Å². The number of hydrogen-bond acceptors (Lipinski definition) is 5. The van der Waals surface area contributed by atoms with E-state index in [9.17, 15) is 4.79 Å². The molecular weight excluding hydrogens is 282 g/mol. The van der Waals surface area contributed by atoms with E-state index >= 15 is 0 Å². The Morgan fingerprint density at radius 2 is 2.09 bits per heavy atom. The molecule has 0 aliphatic carbocycles. The van der Waals surface area contributed by atoms with Gasteiger partial charge in [0, 0.05) is 5.56 Å². The molecule has 112 valence electrons. The number of aromatic nitrogens is 6. The summed E-state index contributed by atoms with van der Waals surface area (Å²) in [5.41, 5.74) is 1.20. The summed E-state index contributed by atoms with van der Waals surface area (Å²) in [7, 11) is 0. The normalized spacial score (nSPS) is 12.1. The quantitative estimate of drug-likeness (QED) is 0.673. The van der Waals surface area contributed by atoms with Crippen molar-refractivity contribution in [3.8, 4) is 11.4 Å². The zero-order valence-corrected chi connectivity index (χ0v) is 12.2. The Hall–Kier alpha value is -3.03. The summed E-state index contributed by atoms with van der Waals surface area (Å²) in [6, 6.07) is 6.90. The standard InChI is InChI=1S/C14H15N7O/c1-8(12-18-9(2)19-21-12)17-14(22)11-6-4-3-5-10(11)13-15-7-16-20-13/h3-8H,1-2H3,(H,17,22)(H,15,16,20)(H,18,19,21). The van der Waals surface area contributed by atoms with E-state index in [2.05, 4.69) is 35.7 Å². The van der Waals surface area contributed by atoms with Crippen LogP contribution in [0.25, 0.3) is 11.4 Å². The molecule has 8 heteroatoms. The largest absolute Gasteiger partial charge is 0.342 e. The number of nitrogens with zero attached hydrogens (tertiary/aromatic N) is 4. The van der Waals surface area contributed by atoms with Crippen molar-refractivity contribution in [2.75, 3.05) is 0 Å². The van der Waals surface area contributed by atoms with Crippen molar-refractivity contribution < 1.29 is 4.79 Å². The fraction of sp³-hybridized carbons (Fsp3) is 0.214. The highest BCUT2D eigenvalue weighted by atomic mass is 16.1. The van der Waals surface area contributed by atoms with E-state index < -0.39 is 0 Å². The lowest BCUT2D eigenvalue weighted by Gasteiger charge is -2.12. The van der Waals surface area contributed by atoms with Crippen LogP contribution in [0, 0.1) is 6.92 Å². The van der Waals surface area contributed by atoms with Gasteiger partial charge < -0.3 is 5.32 Å². The Balaban J connectivity index is 1.84. The van der Waals surface area contributed by atoms with Gasteiger partial charge in [-0.05, 0) is 19.9 Å². The monoisotopic (exact) mass is 297 g/mol. The molecule has 1 unspecified atom stereocenters. The predicted molar refractivity (Wildman–Crippen MR) is 78.8 cm³/mol. The summed E-state index contributed by atoms with van der Waals surface area (Å²) < 4.78 is 0. The van der Waals surface area contributed by atoms with Crippen molar-refractivity contribution >= 4 is 5.91 Å². The first-order chi connectivity index (χ1) is 10.6. The third-order valence-electron chi connectivity index (χ3n) is 3.19. The molecule has 0 aliphatic heterocycles. The maximum atomic E-state index is 12.5. The highest BCUT2D eigenvalue weighted by Gasteiger charge is 2.18. The van der Waals surface area contributed by atoms with Gasteiger partial charge in [-0.3, -0.25) is 15.0 Å². The second-order valence-electron chi connectivity index (χ2n) is 4.85. The Bertz CT molecular complexity index is 778. The molecular formula is C14H15N7O. The van der Waals surface area contributed by atoms with Crippen LogP contribution in [0.15, 0.2) is 30.6 Å². The minimum Gasteiger partial charge on any atom is -0.342 e. The molecule has 1 atom stereocenters. The summed E-state index contributed by atoms with van der Waals surface area (Å²) >= 11 is 0. The molecule has 0 saturated carbocycles. The number of aryl methyl sites for hydroxylation is 1. The summed E-state index contributed by atoms with van der Waals surface area (Å²) in [4.78, 5) is 20.8. The zero-order valence-electron chi connectivity index (χ0n) is 12.2. The average Bonchev–Trinajstić information content (AvgIpc) is 3.18. The molecule has 3 rings (SSSR count). The van der Waals surface area contributed by atoms with E-state index in [1.807, 2.05) is 26.0 Å². The van der Waals surface area contributed by atoms with Crippen molar-refractivity contribution in [3.63, 3.8) is 0 Å². The number of carbonyl (C=O) groups is 1. The van der Waals surface area contributed by atoms with Crippen LogP contribution in [0.3, 0.4) is 0 Å². The van der Waals surface area contributed by atoms with Crippen LogP contribution in [0.5, 0.6) is 0 Å². The lowest BCUT2D eigenvalue weighted by Crippen LogP contribution is -2.28. The highest BCUT2D eigenvalue weighted by Crippen LogP contribution is 2.20. The minimum absolute atomic E-state index is 0.220. The number of H-pyrrole nitrogens is 2. The number of hydrogen-bond donors (Lipinski definition) is 3. The van der Waals surface area contributed by atoms with E-state index in [1.54, 1.807) is 12.1 Å². The van der Waals surface area contributed by atoms with Crippen LogP contribution in [0.4, 0.5) is 0 Å². The number of amides is 1. The zero-order chi connectivity index (χ0) is 15.5. The van der Waals surface area contributed by atoms with Gasteiger partial charge in [0.15, 0.2) is 11.6 Å². The second kappa shape index (κ2) is 5.76. The maximum absolute atomic E-state index is 12.5. The maximum Gasteiger partial charge on any atom is 0.252 e. The Morgan fingerprint density at radius 1 is 1.27 bits per heavy atom. The van der Waals surface area contributed by atoms with Gasteiger partial charge >= 0.3 is 0 Å².